The highest BCUT2D eigenvalue weighted by Crippen LogP contribution is 2.44. The number of aliphatic imine (C=N–C) groups is 1. The van der Waals surface area contributed by atoms with Crippen LogP contribution >= 0.6 is 23.5 Å². The Labute approximate surface area is 156 Å². The number of benzene rings is 1. The van der Waals surface area contributed by atoms with Gasteiger partial charge in [-0.2, -0.15) is 0 Å². The van der Waals surface area contributed by atoms with Gasteiger partial charge in [0, 0.05) is 4.92 Å². The molecule has 2 rings (SSSR count). The first-order valence-electron chi connectivity index (χ1n) is 8.20. The van der Waals surface area contributed by atoms with E-state index in [4.69, 9.17) is 4.99 Å². The number of thioether (sulfide) groups is 2. The van der Waals surface area contributed by atoms with Crippen LogP contribution in [0.1, 0.15) is 26.3 Å². The van der Waals surface area contributed by atoms with Gasteiger partial charge in [0.05, 0.1) is 5.92 Å². The predicted octanol–water partition coefficient (Wildman–Crippen LogP) is 4.37. The average molecular weight is 379 g/mol. The molecule has 25 heavy (non-hydrogen) atoms. The number of rotatable bonds is 7. The molecule has 0 aromatic heterocycles. The van der Waals surface area contributed by atoms with Crippen LogP contribution in [0.25, 0.3) is 6.08 Å². The molecule has 134 valence electrons. The van der Waals surface area contributed by atoms with Gasteiger partial charge in [0.15, 0.2) is 0 Å². The molecule has 1 aliphatic heterocycles. The molecule has 0 unspecified atom stereocenters. The van der Waals surface area contributed by atoms with Crippen molar-refractivity contribution in [1.29, 1.82) is 0 Å². The second-order valence-electron chi connectivity index (χ2n) is 6.07. The quantitative estimate of drug-likeness (QED) is 0.520. The molecule has 0 N–H and O–H groups in total. The summed E-state index contributed by atoms with van der Waals surface area (Å²) >= 11 is 2.63. The van der Waals surface area contributed by atoms with Gasteiger partial charge in [0.2, 0.25) is 11.7 Å². The summed E-state index contributed by atoms with van der Waals surface area (Å²) in [5, 5.41) is 11.2. The molecule has 5 nitrogen and oxygen atoms in total. The lowest BCUT2D eigenvalue weighted by atomic mass is 9.76. The van der Waals surface area contributed by atoms with E-state index in [1.807, 2.05) is 57.2 Å². The third-order valence-electron chi connectivity index (χ3n) is 4.16. The van der Waals surface area contributed by atoms with Crippen LogP contribution < -0.4 is 0 Å². The van der Waals surface area contributed by atoms with E-state index in [2.05, 4.69) is 0 Å². The van der Waals surface area contributed by atoms with E-state index in [-0.39, 0.29) is 22.5 Å². The molecule has 0 radical (unpaired) electrons. The van der Waals surface area contributed by atoms with E-state index >= 15 is 0 Å². The van der Waals surface area contributed by atoms with Gasteiger partial charge in [-0.1, -0.05) is 75.0 Å². The molecule has 0 fully saturated rings. The van der Waals surface area contributed by atoms with Gasteiger partial charge >= 0.3 is 0 Å². The zero-order valence-corrected chi connectivity index (χ0v) is 16.2. The second kappa shape index (κ2) is 8.67. The highest BCUT2D eigenvalue weighted by molar-refractivity contribution is 8.45. The Bertz CT molecular complexity index is 689. The minimum atomic E-state index is -1.08. The fourth-order valence-electron chi connectivity index (χ4n) is 2.89. The summed E-state index contributed by atoms with van der Waals surface area (Å²) in [5.74, 6) is 0.0954. The maximum atomic E-state index is 12.8. The zero-order valence-electron chi connectivity index (χ0n) is 14.5. The molecule has 0 bridgehead atoms. The highest BCUT2D eigenvalue weighted by Gasteiger charge is 2.53. The summed E-state index contributed by atoms with van der Waals surface area (Å²) in [7, 11) is 0. The van der Waals surface area contributed by atoms with Gasteiger partial charge in [-0.15, -0.1) is 0 Å². The number of hydrogen-bond acceptors (Lipinski definition) is 6. The van der Waals surface area contributed by atoms with Crippen molar-refractivity contribution in [2.75, 3.05) is 12.3 Å². The summed E-state index contributed by atoms with van der Waals surface area (Å²) in [6.07, 6.45) is 3.62. The fourth-order valence-corrected chi connectivity index (χ4v) is 5.12. The van der Waals surface area contributed by atoms with Crippen LogP contribution in [-0.2, 0) is 4.79 Å². The van der Waals surface area contributed by atoms with E-state index in [1.54, 1.807) is 6.08 Å². The van der Waals surface area contributed by atoms with Crippen molar-refractivity contribution in [3.8, 4) is 0 Å². The lowest BCUT2D eigenvalue weighted by molar-refractivity contribution is -0.487. The lowest BCUT2D eigenvalue weighted by Crippen LogP contribution is -2.47. The lowest BCUT2D eigenvalue weighted by Gasteiger charge is -2.32. The smallest absolute Gasteiger partial charge is 0.224 e. The fraction of sp³-hybridized carbons (Fsp3) is 0.444. The summed E-state index contributed by atoms with van der Waals surface area (Å²) in [6, 6.07) is 9.58. The van der Waals surface area contributed by atoms with E-state index < -0.39 is 11.5 Å². The maximum absolute atomic E-state index is 12.8. The van der Waals surface area contributed by atoms with Crippen LogP contribution in [0.5, 0.6) is 0 Å². The molecule has 0 spiro atoms. The largest absolute Gasteiger partial charge is 0.284 e. The van der Waals surface area contributed by atoms with Crippen molar-refractivity contribution in [3.63, 3.8) is 0 Å². The highest BCUT2D eigenvalue weighted by atomic mass is 32.2. The summed E-state index contributed by atoms with van der Waals surface area (Å²) in [5.41, 5.74) is -0.138. The molecule has 2 atom stereocenters. The Hall–Kier alpha value is -1.60. The standard InChI is InChI=1S/C18H22N2O3S2/c1-4-24-17-19-18(13(2)3,16(21)25-17)15(12-20(22)23)11-10-14-8-6-5-7-9-14/h5-11,13,15H,4,12H2,1-3H3/b11-10+/t15-,18-/m0/s1. The molecule has 1 aromatic rings. The second-order valence-corrected chi connectivity index (χ2v) is 8.54. The van der Waals surface area contributed by atoms with E-state index in [1.165, 1.54) is 11.8 Å². The van der Waals surface area contributed by atoms with Crippen LogP contribution in [0.4, 0.5) is 0 Å². The van der Waals surface area contributed by atoms with Crippen LogP contribution in [0.15, 0.2) is 41.4 Å². The molecule has 0 aliphatic carbocycles. The molecule has 1 aliphatic rings. The SMILES string of the molecule is CCSC1=N[C@@](C(C)C)([C@@H](/C=C/c2ccccc2)C[N+](=O)[O-])C(=O)S1. The normalized spacial score (nSPS) is 21.8. The average Bonchev–Trinajstić information content (AvgIpc) is 2.90. The third-order valence-corrected chi connectivity index (χ3v) is 6.17. The Balaban J connectivity index is 2.43. The van der Waals surface area contributed by atoms with Crippen molar-refractivity contribution < 1.29 is 9.72 Å². The first-order valence-corrected chi connectivity index (χ1v) is 10.00. The first kappa shape index (κ1) is 19.7. The van der Waals surface area contributed by atoms with Crippen molar-refractivity contribution in [2.45, 2.75) is 26.3 Å². The Morgan fingerprint density at radius 3 is 2.60 bits per heavy atom. The molecule has 0 saturated carbocycles. The molecule has 1 aromatic carbocycles. The number of carbonyl (C=O) groups excluding carboxylic acids is 1. The van der Waals surface area contributed by atoms with E-state index in [9.17, 15) is 14.9 Å². The van der Waals surface area contributed by atoms with Crippen molar-refractivity contribution in [2.24, 2.45) is 16.8 Å². The van der Waals surface area contributed by atoms with E-state index in [0.717, 1.165) is 23.1 Å². The van der Waals surface area contributed by atoms with Gasteiger partial charge in [-0.25, -0.2) is 0 Å². The number of carbonyl (C=O) groups is 1. The van der Waals surface area contributed by atoms with Crippen LogP contribution in [-0.4, -0.2) is 32.3 Å². The molecular weight excluding hydrogens is 356 g/mol. The number of nitro groups is 1. The number of hydrogen-bond donors (Lipinski definition) is 0. The first-order chi connectivity index (χ1) is 11.9. The predicted molar refractivity (Wildman–Crippen MR) is 107 cm³/mol. The zero-order chi connectivity index (χ0) is 18.4. The molecule has 7 heteroatoms. The van der Waals surface area contributed by atoms with Crippen LogP contribution in [0.3, 0.4) is 0 Å². The van der Waals surface area contributed by atoms with Gasteiger partial charge in [0.25, 0.3) is 0 Å². The molecular formula is C18H22N2O3S2. The Kier molecular flexibility index (Phi) is 6.84. The van der Waals surface area contributed by atoms with Gasteiger partial charge in [-0.3, -0.25) is 19.9 Å². The van der Waals surface area contributed by atoms with Crippen molar-refractivity contribution >= 4 is 39.1 Å². The maximum Gasteiger partial charge on any atom is 0.224 e. The monoisotopic (exact) mass is 378 g/mol. The van der Waals surface area contributed by atoms with Crippen molar-refractivity contribution in [3.05, 3.63) is 52.1 Å². The summed E-state index contributed by atoms with van der Waals surface area (Å²) in [4.78, 5) is 28.4. The molecule has 0 amide bonds. The minimum absolute atomic E-state index is 0.0944. The van der Waals surface area contributed by atoms with E-state index in [0.29, 0.717) is 4.38 Å². The Morgan fingerprint density at radius 2 is 2.04 bits per heavy atom. The third kappa shape index (κ3) is 4.52. The van der Waals surface area contributed by atoms with Gasteiger partial charge in [0.1, 0.15) is 9.91 Å². The van der Waals surface area contributed by atoms with Crippen LogP contribution in [0.2, 0.25) is 0 Å². The van der Waals surface area contributed by atoms with Gasteiger partial charge < -0.3 is 0 Å². The molecule has 0 saturated heterocycles. The topological polar surface area (TPSA) is 72.6 Å². The minimum Gasteiger partial charge on any atom is -0.284 e. The number of nitrogens with zero attached hydrogens (tertiary/aromatic N) is 2. The van der Waals surface area contributed by atoms with Crippen LogP contribution in [0, 0.1) is 22.0 Å². The molecule has 1 heterocycles. The van der Waals surface area contributed by atoms with Crippen molar-refractivity contribution in [1.82, 2.24) is 0 Å². The Morgan fingerprint density at radius 1 is 1.36 bits per heavy atom. The van der Waals surface area contributed by atoms with Gasteiger partial charge in [-0.05, 0) is 29.0 Å². The summed E-state index contributed by atoms with van der Waals surface area (Å²) in [6.45, 7) is 5.49. The summed E-state index contributed by atoms with van der Waals surface area (Å²) < 4.78 is 0.711.